The van der Waals surface area contributed by atoms with Crippen LogP contribution in [0.1, 0.15) is 21.7 Å². The molecule has 0 radical (unpaired) electrons. The van der Waals surface area contributed by atoms with E-state index < -0.39 is 0 Å². The second-order valence-corrected chi connectivity index (χ2v) is 5.19. The number of hydrogen-bond acceptors (Lipinski definition) is 3. The van der Waals surface area contributed by atoms with Crippen molar-refractivity contribution >= 4 is 11.6 Å². The molecule has 6 nitrogen and oxygen atoms in total. The van der Waals surface area contributed by atoms with E-state index in [2.05, 4.69) is 20.6 Å². The fourth-order valence-electron chi connectivity index (χ4n) is 2.43. The first-order valence-electron chi connectivity index (χ1n) is 6.98. The SMILES string of the molecule is Cc1cnn(C)c1C(=O)Nc1c(-c2ccccc2)n[nH]c1C. The highest BCUT2D eigenvalue weighted by molar-refractivity contribution is 6.06. The predicted octanol–water partition coefficient (Wildman–Crippen LogP) is 2.68. The van der Waals surface area contributed by atoms with Crippen molar-refractivity contribution < 1.29 is 4.79 Å². The van der Waals surface area contributed by atoms with Crippen LogP contribution >= 0.6 is 0 Å². The Morgan fingerprint density at radius 1 is 1.23 bits per heavy atom. The zero-order chi connectivity index (χ0) is 15.7. The number of anilines is 1. The second-order valence-electron chi connectivity index (χ2n) is 5.19. The largest absolute Gasteiger partial charge is 0.317 e. The molecule has 0 aliphatic rings. The number of amides is 1. The topological polar surface area (TPSA) is 75.6 Å². The molecule has 3 aromatic rings. The van der Waals surface area contributed by atoms with Gasteiger partial charge in [-0.2, -0.15) is 10.2 Å². The number of carbonyl (C=O) groups is 1. The zero-order valence-electron chi connectivity index (χ0n) is 12.7. The molecular formula is C16H17N5O. The minimum atomic E-state index is -0.195. The number of carbonyl (C=O) groups excluding carboxylic acids is 1. The molecule has 2 aromatic heterocycles. The fraction of sp³-hybridized carbons (Fsp3) is 0.188. The number of H-pyrrole nitrogens is 1. The van der Waals surface area contributed by atoms with Crippen LogP contribution in [-0.2, 0) is 7.05 Å². The van der Waals surface area contributed by atoms with Crippen LogP contribution in [0.2, 0.25) is 0 Å². The summed E-state index contributed by atoms with van der Waals surface area (Å²) in [4.78, 5) is 12.5. The lowest BCUT2D eigenvalue weighted by molar-refractivity contribution is 0.101. The maximum atomic E-state index is 12.5. The number of nitrogens with zero attached hydrogens (tertiary/aromatic N) is 3. The molecule has 0 unspecified atom stereocenters. The highest BCUT2D eigenvalue weighted by Gasteiger charge is 2.19. The van der Waals surface area contributed by atoms with Gasteiger partial charge < -0.3 is 5.32 Å². The average Bonchev–Trinajstić information content (AvgIpc) is 3.03. The summed E-state index contributed by atoms with van der Waals surface area (Å²) in [5, 5.41) is 14.3. The highest BCUT2D eigenvalue weighted by Crippen LogP contribution is 2.28. The van der Waals surface area contributed by atoms with Crippen LogP contribution in [0.3, 0.4) is 0 Å². The van der Waals surface area contributed by atoms with E-state index in [1.807, 2.05) is 44.2 Å². The van der Waals surface area contributed by atoms with E-state index in [1.54, 1.807) is 17.9 Å². The second kappa shape index (κ2) is 5.48. The Morgan fingerprint density at radius 3 is 2.59 bits per heavy atom. The van der Waals surface area contributed by atoms with Crippen molar-refractivity contribution in [2.75, 3.05) is 5.32 Å². The molecule has 1 amide bonds. The van der Waals surface area contributed by atoms with Gasteiger partial charge in [0.1, 0.15) is 11.4 Å². The van der Waals surface area contributed by atoms with Gasteiger partial charge in [-0.3, -0.25) is 14.6 Å². The molecule has 3 rings (SSSR count). The number of benzene rings is 1. The summed E-state index contributed by atoms with van der Waals surface area (Å²) in [5.74, 6) is -0.195. The molecular weight excluding hydrogens is 278 g/mol. The first-order valence-corrected chi connectivity index (χ1v) is 6.98. The average molecular weight is 295 g/mol. The lowest BCUT2D eigenvalue weighted by Gasteiger charge is -2.08. The van der Waals surface area contributed by atoms with E-state index in [1.165, 1.54) is 0 Å². The Morgan fingerprint density at radius 2 is 1.95 bits per heavy atom. The Balaban J connectivity index is 1.97. The van der Waals surface area contributed by atoms with E-state index in [0.717, 1.165) is 22.5 Å². The molecule has 6 heteroatoms. The lowest BCUT2D eigenvalue weighted by atomic mass is 10.1. The molecule has 0 aliphatic heterocycles. The molecule has 0 fully saturated rings. The van der Waals surface area contributed by atoms with Crippen LogP contribution < -0.4 is 5.32 Å². The number of rotatable bonds is 3. The summed E-state index contributed by atoms with van der Waals surface area (Å²) < 4.78 is 1.57. The lowest BCUT2D eigenvalue weighted by Crippen LogP contribution is -2.18. The van der Waals surface area contributed by atoms with Crippen molar-refractivity contribution in [2.45, 2.75) is 13.8 Å². The number of aromatic nitrogens is 4. The first kappa shape index (κ1) is 14.1. The van der Waals surface area contributed by atoms with Gasteiger partial charge in [0.15, 0.2) is 0 Å². The zero-order valence-corrected chi connectivity index (χ0v) is 12.7. The van der Waals surface area contributed by atoms with Crippen LogP contribution in [0, 0.1) is 13.8 Å². The smallest absolute Gasteiger partial charge is 0.274 e. The van der Waals surface area contributed by atoms with E-state index in [9.17, 15) is 4.79 Å². The summed E-state index contributed by atoms with van der Waals surface area (Å²) in [7, 11) is 1.75. The molecule has 0 aliphatic carbocycles. The third kappa shape index (κ3) is 2.39. The van der Waals surface area contributed by atoms with Gasteiger partial charge in [0, 0.05) is 12.6 Å². The normalized spacial score (nSPS) is 10.7. The van der Waals surface area contributed by atoms with Crippen molar-refractivity contribution in [3.8, 4) is 11.3 Å². The third-order valence-corrected chi connectivity index (χ3v) is 3.57. The fourth-order valence-corrected chi connectivity index (χ4v) is 2.43. The molecule has 2 N–H and O–H groups in total. The van der Waals surface area contributed by atoms with Gasteiger partial charge in [-0.15, -0.1) is 0 Å². The van der Waals surface area contributed by atoms with Crippen molar-refractivity contribution in [1.82, 2.24) is 20.0 Å². The van der Waals surface area contributed by atoms with Gasteiger partial charge in [0.2, 0.25) is 0 Å². The summed E-state index contributed by atoms with van der Waals surface area (Å²) in [6.45, 7) is 3.74. The van der Waals surface area contributed by atoms with Crippen LogP contribution in [0.5, 0.6) is 0 Å². The van der Waals surface area contributed by atoms with E-state index >= 15 is 0 Å². The van der Waals surface area contributed by atoms with Gasteiger partial charge in [-0.25, -0.2) is 0 Å². The third-order valence-electron chi connectivity index (χ3n) is 3.57. The molecule has 112 valence electrons. The number of aromatic amines is 1. The predicted molar refractivity (Wildman–Crippen MR) is 84.7 cm³/mol. The molecule has 0 atom stereocenters. The number of nitrogens with one attached hydrogen (secondary N) is 2. The highest BCUT2D eigenvalue weighted by atomic mass is 16.2. The van der Waals surface area contributed by atoms with Crippen molar-refractivity contribution in [2.24, 2.45) is 7.05 Å². The molecule has 0 spiro atoms. The van der Waals surface area contributed by atoms with Crippen molar-refractivity contribution in [1.29, 1.82) is 0 Å². The molecule has 0 bridgehead atoms. The van der Waals surface area contributed by atoms with Gasteiger partial charge in [0.05, 0.1) is 17.6 Å². The monoisotopic (exact) mass is 295 g/mol. The van der Waals surface area contributed by atoms with Gasteiger partial charge in [0.25, 0.3) is 5.91 Å². The molecule has 22 heavy (non-hydrogen) atoms. The van der Waals surface area contributed by atoms with Crippen LogP contribution in [0.15, 0.2) is 36.5 Å². The summed E-state index contributed by atoms with van der Waals surface area (Å²) in [5.41, 5.74) is 4.56. The summed E-state index contributed by atoms with van der Waals surface area (Å²) in [6, 6.07) is 9.74. The Labute approximate surface area is 128 Å². The first-order chi connectivity index (χ1) is 10.6. The van der Waals surface area contributed by atoms with Crippen molar-refractivity contribution in [3.63, 3.8) is 0 Å². The molecule has 2 heterocycles. The summed E-state index contributed by atoms with van der Waals surface area (Å²) in [6.07, 6.45) is 1.68. The minimum Gasteiger partial charge on any atom is -0.317 e. The Hall–Kier alpha value is -2.89. The summed E-state index contributed by atoms with van der Waals surface area (Å²) >= 11 is 0. The quantitative estimate of drug-likeness (QED) is 0.780. The van der Waals surface area contributed by atoms with Gasteiger partial charge in [-0.05, 0) is 19.4 Å². The number of hydrogen-bond donors (Lipinski definition) is 2. The van der Waals surface area contributed by atoms with Crippen LogP contribution in [-0.4, -0.2) is 25.9 Å². The maximum absolute atomic E-state index is 12.5. The van der Waals surface area contributed by atoms with Gasteiger partial charge in [-0.1, -0.05) is 30.3 Å². The van der Waals surface area contributed by atoms with E-state index in [4.69, 9.17) is 0 Å². The van der Waals surface area contributed by atoms with Crippen molar-refractivity contribution in [3.05, 3.63) is 53.5 Å². The molecule has 1 aromatic carbocycles. The maximum Gasteiger partial charge on any atom is 0.274 e. The van der Waals surface area contributed by atoms with Crippen LogP contribution in [0.25, 0.3) is 11.3 Å². The van der Waals surface area contributed by atoms with E-state index in [0.29, 0.717) is 11.4 Å². The molecule has 0 saturated carbocycles. The standard InChI is InChI=1S/C16H17N5O/c1-10-9-17-21(3)15(10)16(22)18-13-11(2)19-20-14(13)12-7-5-4-6-8-12/h4-9H,1-3H3,(H,18,22)(H,19,20). The minimum absolute atomic E-state index is 0.195. The van der Waals surface area contributed by atoms with Gasteiger partial charge >= 0.3 is 0 Å². The van der Waals surface area contributed by atoms with E-state index in [-0.39, 0.29) is 5.91 Å². The molecule has 0 saturated heterocycles. The van der Waals surface area contributed by atoms with Crippen LogP contribution in [0.4, 0.5) is 5.69 Å². The number of aryl methyl sites for hydroxylation is 3. The Bertz CT molecular complexity index is 797. The Kier molecular flexibility index (Phi) is 3.50.